The van der Waals surface area contributed by atoms with Crippen LogP contribution in [0.25, 0.3) is 10.9 Å². The van der Waals surface area contributed by atoms with Gasteiger partial charge < -0.3 is 10.2 Å². The molecule has 1 aromatic heterocycles. The van der Waals surface area contributed by atoms with E-state index < -0.39 is 0 Å². The Morgan fingerprint density at radius 1 is 1.38 bits per heavy atom. The molecular weight excluding hydrogens is 202 g/mol. The SMILES string of the molecule is CCc1nc2cc(OC)ccc2cc1NN. The molecule has 0 spiro atoms. The summed E-state index contributed by atoms with van der Waals surface area (Å²) in [7, 11) is 1.65. The van der Waals surface area contributed by atoms with E-state index in [1.54, 1.807) is 7.11 Å². The van der Waals surface area contributed by atoms with E-state index in [1.807, 2.05) is 24.3 Å². The quantitative estimate of drug-likeness (QED) is 0.610. The predicted octanol–water partition coefficient (Wildman–Crippen LogP) is 2.09. The highest BCUT2D eigenvalue weighted by Crippen LogP contribution is 2.24. The lowest BCUT2D eigenvalue weighted by atomic mass is 10.1. The van der Waals surface area contributed by atoms with Crippen molar-refractivity contribution in [1.82, 2.24) is 4.98 Å². The molecule has 4 heteroatoms. The number of hydrogen-bond acceptors (Lipinski definition) is 4. The van der Waals surface area contributed by atoms with Gasteiger partial charge in [-0.25, -0.2) is 0 Å². The van der Waals surface area contributed by atoms with Crippen LogP contribution in [0.5, 0.6) is 5.75 Å². The fourth-order valence-electron chi connectivity index (χ4n) is 1.71. The number of methoxy groups -OCH3 is 1. The minimum Gasteiger partial charge on any atom is -0.497 e. The van der Waals surface area contributed by atoms with Crippen molar-refractivity contribution in [2.45, 2.75) is 13.3 Å². The number of anilines is 1. The molecule has 1 aromatic carbocycles. The first-order chi connectivity index (χ1) is 7.78. The molecule has 84 valence electrons. The first kappa shape index (κ1) is 10.7. The number of benzene rings is 1. The summed E-state index contributed by atoms with van der Waals surface area (Å²) in [5.41, 5.74) is 5.44. The second kappa shape index (κ2) is 4.37. The molecule has 0 unspecified atom stereocenters. The van der Waals surface area contributed by atoms with Crippen LogP contribution < -0.4 is 16.0 Å². The van der Waals surface area contributed by atoms with Gasteiger partial charge in [0, 0.05) is 11.5 Å². The van der Waals surface area contributed by atoms with Crippen LogP contribution >= 0.6 is 0 Å². The number of nitrogens with two attached hydrogens (primary N) is 1. The maximum absolute atomic E-state index is 5.46. The molecule has 0 radical (unpaired) electrons. The number of rotatable bonds is 3. The van der Waals surface area contributed by atoms with Crippen molar-refractivity contribution in [3.05, 3.63) is 30.0 Å². The number of hydrazine groups is 1. The summed E-state index contributed by atoms with van der Waals surface area (Å²) >= 11 is 0. The van der Waals surface area contributed by atoms with Crippen LogP contribution in [0, 0.1) is 0 Å². The minimum absolute atomic E-state index is 0.815. The monoisotopic (exact) mass is 217 g/mol. The van der Waals surface area contributed by atoms with Gasteiger partial charge in [0.15, 0.2) is 0 Å². The van der Waals surface area contributed by atoms with E-state index in [2.05, 4.69) is 17.3 Å². The van der Waals surface area contributed by atoms with Crippen molar-refractivity contribution in [1.29, 1.82) is 0 Å². The first-order valence-corrected chi connectivity index (χ1v) is 5.22. The zero-order chi connectivity index (χ0) is 11.5. The Morgan fingerprint density at radius 2 is 2.19 bits per heavy atom. The summed E-state index contributed by atoms with van der Waals surface area (Å²) in [5, 5.41) is 1.05. The Balaban J connectivity index is 2.63. The average Bonchev–Trinajstić information content (AvgIpc) is 2.36. The van der Waals surface area contributed by atoms with Gasteiger partial charge in [0.05, 0.1) is 24.0 Å². The fourth-order valence-corrected chi connectivity index (χ4v) is 1.71. The topological polar surface area (TPSA) is 60.2 Å². The number of hydrogen-bond donors (Lipinski definition) is 2. The van der Waals surface area contributed by atoms with Gasteiger partial charge >= 0.3 is 0 Å². The lowest BCUT2D eigenvalue weighted by Crippen LogP contribution is -2.10. The Labute approximate surface area is 94.4 Å². The lowest BCUT2D eigenvalue weighted by molar-refractivity contribution is 0.415. The molecule has 0 aliphatic heterocycles. The number of pyridine rings is 1. The van der Waals surface area contributed by atoms with Crippen molar-refractivity contribution in [3.63, 3.8) is 0 Å². The Bertz CT molecular complexity index is 511. The van der Waals surface area contributed by atoms with Crippen molar-refractivity contribution >= 4 is 16.6 Å². The summed E-state index contributed by atoms with van der Waals surface area (Å²) in [5.74, 6) is 6.27. The fraction of sp³-hybridized carbons (Fsp3) is 0.250. The maximum atomic E-state index is 5.46. The number of nitrogen functional groups attached to an aromatic ring is 1. The van der Waals surface area contributed by atoms with E-state index in [4.69, 9.17) is 10.6 Å². The van der Waals surface area contributed by atoms with Gasteiger partial charge in [-0.05, 0) is 24.6 Å². The van der Waals surface area contributed by atoms with E-state index in [0.29, 0.717) is 0 Å². The molecule has 1 heterocycles. The summed E-state index contributed by atoms with van der Waals surface area (Å²) in [4.78, 5) is 4.55. The maximum Gasteiger partial charge on any atom is 0.121 e. The molecular formula is C12H15N3O. The summed E-state index contributed by atoms with van der Waals surface area (Å²) in [6.07, 6.45) is 0.840. The minimum atomic E-state index is 0.815. The molecule has 0 saturated carbocycles. The lowest BCUT2D eigenvalue weighted by Gasteiger charge is -2.09. The van der Waals surface area contributed by atoms with Crippen molar-refractivity contribution in [2.24, 2.45) is 5.84 Å². The molecule has 3 N–H and O–H groups in total. The second-order valence-electron chi connectivity index (χ2n) is 3.54. The number of fused-ring (bicyclic) bond motifs is 1. The van der Waals surface area contributed by atoms with Gasteiger partial charge in [0.1, 0.15) is 5.75 Å². The smallest absolute Gasteiger partial charge is 0.121 e. The molecule has 4 nitrogen and oxygen atoms in total. The van der Waals surface area contributed by atoms with Crippen molar-refractivity contribution in [2.75, 3.05) is 12.5 Å². The first-order valence-electron chi connectivity index (χ1n) is 5.22. The van der Waals surface area contributed by atoms with Crippen LogP contribution in [0.1, 0.15) is 12.6 Å². The molecule has 2 rings (SSSR count). The standard InChI is InChI=1S/C12H15N3O/c1-3-10-12(15-13)6-8-4-5-9(16-2)7-11(8)14-10/h4-7,15H,3,13H2,1-2H3. The molecule has 16 heavy (non-hydrogen) atoms. The molecule has 0 saturated heterocycles. The largest absolute Gasteiger partial charge is 0.497 e. The van der Waals surface area contributed by atoms with Gasteiger partial charge in [0.2, 0.25) is 0 Å². The van der Waals surface area contributed by atoms with Gasteiger partial charge in [-0.3, -0.25) is 10.8 Å². The number of nitrogens with zero attached hydrogens (tertiary/aromatic N) is 1. The molecule has 0 amide bonds. The van der Waals surface area contributed by atoms with Crippen LogP contribution in [-0.2, 0) is 6.42 Å². The van der Waals surface area contributed by atoms with E-state index in [-0.39, 0.29) is 0 Å². The molecule has 0 bridgehead atoms. The van der Waals surface area contributed by atoms with Gasteiger partial charge in [-0.15, -0.1) is 0 Å². The van der Waals surface area contributed by atoms with Crippen LogP contribution in [0.2, 0.25) is 0 Å². The zero-order valence-corrected chi connectivity index (χ0v) is 9.45. The Kier molecular flexibility index (Phi) is 2.92. The highest BCUT2D eigenvalue weighted by atomic mass is 16.5. The highest BCUT2D eigenvalue weighted by Gasteiger charge is 2.05. The van der Waals surface area contributed by atoms with Crippen molar-refractivity contribution in [3.8, 4) is 5.75 Å². The Hall–Kier alpha value is -1.81. The van der Waals surface area contributed by atoms with Crippen LogP contribution in [-0.4, -0.2) is 12.1 Å². The highest BCUT2D eigenvalue weighted by molar-refractivity contribution is 5.83. The van der Waals surface area contributed by atoms with Crippen LogP contribution in [0.15, 0.2) is 24.3 Å². The molecule has 0 aliphatic rings. The average molecular weight is 217 g/mol. The third-order valence-corrected chi connectivity index (χ3v) is 2.59. The third-order valence-electron chi connectivity index (χ3n) is 2.59. The molecule has 2 aromatic rings. The zero-order valence-electron chi connectivity index (χ0n) is 9.45. The Morgan fingerprint density at radius 3 is 2.81 bits per heavy atom. The predicted molar refractivity (Wildman–Crippen MR) is 65.5 cm³/mol. The molecule has 0 atom stereocenters. The van der Waals surface area contributed by atoms with Crippen LogP contribution in [0.4, 0.5) is 5.69 Å². The van der Waals surface area contributed by atoms with E-state index in [1.165, 1.54) is 0 Å². The van der Waals surface area contributed by atoms with E-state index in [9.17, 15) is 0 Å². The normalized spacial score (nSPS) is 10.4. The summed E-state index contributed by atoms with van der Waals surface area (Å²) in [6, 6.07) is 7.81. The van der Waals surface area contributed by atoms with Crippen molar-refractivity contribution < 1.29 is 4.74 Å². The van der Waals surface area contributed by atoms with Gasteiger partial charge in [-0.1, -0.05) is 6.92 Å². The number of nitrogens with one attached hydrogen (secondary N) is 1. The summed E-state index contributed by atoms with van der Waals surface area (Å²) < 4.78 is 5.17. The third kappa shape index (κ3) is 1.79. The second-order valence-corrected chi connectivity index (χ2v) is 3.54. The number of aryl methyl sites for hydroxylation is 1. The van der Waals surface area contributed by atoms with Gasteiger partial charge in [0.25, 0.3) is 0 Å². The summed E-state index contributed by atoms with van der Waals surface area (Å²) in [6.45, 7) is 2.05. The number of ether oxygens (including phenoxy) is 1. The molecule has 0 fully saturated rings. The van der Waals surface area contributed by atoms with Crippen LogP contribution in [0.3, 0.4) is 0 Å². The molecule has 0 aliphatic carbocycles. The van der Waals surface area contributed by atoms with E-state index in [0.717, 1.165) is 34.5 Å². The van der Waals surface area contributed by atoms with E-state index >= 15 is 0 Å². The van der Waals surface area contributed by atoms with Gasteiger partial charge in [-0.2, -0.15) is 0 Å². The number of aromatic nitrogens is 1.